The molecule has 7 nitrogen and oxygen atoms in total. The standard InChI is InChI=1S/C18H15F3N2O5S/c1-11(17(24)25)28-10-12-9-14-15(7-8-16(22-14)18(19,20)21)23(12)29(26,27)13-5-3-2-4-6-13/h2-9,11H,10H2,1H3,(H,24,25). The fraction of sp³-hybridized carbons (Fsp3) is 0.222. The Labute approximate surface area is 163 Å². The molecular formula is C18H15F3N2O5S. The van der Waals surface area contributed by atoms with E-state index in [2.05, 4.69) is 4.98 Å². The highest BCUT2D eigenvalue weighted by Gasteiger charge is 2.33. The minimum absolute atomic E-state index is 0.0521. The van der Waals surface area contributed by atoms with Gasteiger partial charge in [-0.1, -0.05) is 18.2 Å². The van der Waals surface area contributed by atoms with Crippen LogP contribution >= 0.6 is 0 Å². The molecule has 0 radical (unpaired) electrons. The van der Waals surface area contributed by atoms with Crippen LogP contribution in [0.2, 0.25) is 0 Å². The molecule has 154 valence electrons. The predicted octanol–water partition coefficient (Wildman–Crippen LogP) is 3.28. The zero-order chi connectivity index (χ0) is 21.4. The Morgan fingerprint density at radius 3 is 2.45 bits per heavy atom. The molecule has 3 rings (SSSR count). The number of carboxylic acids is 1. The molecule has 2 aromatic heterocycles. The Kier molecular flexibility index (Phi) is 5.37. The van der Waals surface area contributed by atoms with Crippen LogP contribution < -0.4 is 0 Å². The third-order valence-electron chi connectivity index (χ3n) is 4.09. The first-order chi connectivity index (χ1) is 13.5. The lowest BCUT2D eigenvalue weighted by molar-refractivity contribution is -0.150. The van der Waals surface area contributed by atoms with Gasteiger partial charge in [-0.2, -0.15) is 13.2 Å². The van der Waals surface area contributed by atoms with E-state index in [4.69, 9.17) is 9.84 Å². The highest BCUT2D eigenvalue weighted by atomic mass is 32.2. The molecule has 0 saturated heterocycles. The lowest BCUT2D eigenvalue weighted by Crippen LogP contribution is -2.22. The zero-order valence-electron chi connectivity index (χ0n) is 14.9. The number of hydrogen-bond acceptors (Lipinski definition) is 5. The van der Waals surface area contributed by atoms with Gasteiger partial charge >= 0.3 is 12.1 Å². The molecule has 1 aromatic carbocycles. The molecule has 2 heterocycles. The summed E-state index contributed by atoms with van der Waals surface area (Å²) < 4.78 is 71.2. The maximum atomic E-state index is 13.1. The molecule has 3 aromatic rings. The second-order valence-corrected chi connectivity index (χ2v) is 7.89. The van der Waals surface area contributed by atoms with E-state index in [1.54, 1.807) is 6.07 Å². The number of pyridine rings is 1. The van der Waals surface area contributed by atoms with Gasteiger partial charge in [-0.25, -0.2) is 22.2 Å². The molecule has 0 amide bonds. The molecule has 1 N–H and O–H groups in total. The van der Waals surface area contributed by atoms with Crippen LogP contribution in [0.1, 0.15) is 18.3 Å². The van der Waals surface area contributed by atoms with Crippen LogP contribution in [0.5, 0.6) is 0 Å². The molecule has 11 heteroatoms. The van der Waals surface area contributed by atoms with E-state index in [9.17, 15) is 26.4 Å². The maximum absolute atomic E-state index is 13.1. The van der Waals surface area contributed by atoms with Crippen molar-refractivity contribution in [1.82, 2.24) is 8.96 Å². The summed E-state index contributed by atoms with van der Waals surface area (Å²) in [4.78, 5) is 14.4. The first-order valence-corrected chi connectivity index (χ1v) is 9.69. The van der Waals surface area contributed by atoms with E-state index in [1.165, 1.54) is 31.2 Å². The van der Waals surface area contributed by atoms with Crippen LogP contribution in [0.15, 0.2) is 53.4 Å². The van der Waals surface area contributed by atoms with Crippen LogP contribution in [0.25, 0.3) is 11.0 Å². The van der Waals surface area contributed by atoms with Crippen molar-refractivity contribution in [3.05, 3.63) is 59.9 Å². The average molecular weight is 428 g/mol. The largest absolute Gasteiger partial charge is 0.479 e. The Bertz CT molecular complexity index is 1160. The number of carboxylic acid groups (broad SMARTS) is 1. The number of hydrogen-bond donors (Lipinski definition) is 1. The molecule has 0 aliphatic heterocycles. The Hall–Kier alpha value is -2.92. The summed E-state index contributed by atoms with van der Waals surface area (Å²) in [6.45, 7) is 0.790. The van der Waals surface area contributed by atoms with Gasteiger partial charge in [0, 0.05) is 0 Å². The van der Waals surface area contributed by atoms with Crippen LogP contribution in [0, 0.1) is 0 Å². The Morgan fingerprint density at radius 2 is 1.86 bits per heavy atom. The number of rotatable bonds is 6. The molecule has 0 aliphatic carbocycles. The smallest absolute Gasteiger partial charge is 0.433 e. The number of aromatic nitrogens is 2. The predicted molar refractivity (Wildman–Crippen MR) is 95.6 cm³/mol. The second kappa shape index (κ2) is 7.48. The first kappa shape index (κ1) is 20.8. The zero-order valence-corrected chi connectivity index (χ0v) is 15.7. The summed E-state index contributed by atoms with van der Waals surface area (Å²) in [5.41, 5.74) is -1.52. The average Bonchev–Trinajstić information content (AvgIpc) is 3.04. The van der Waals surface area contributed by atoms with Crippen LogP contribution in [0.3, 0.4) is 0 Å². The minimum atomic E-state index is -4.71. The van der Waals surface area contributed by atoms with Crippen LogP contribution in [-0.2, 0) is 32.3 Å². The minimum Gasteiger partial charge on any atom is -0.479 e. The number of halogens is 3. The summed E-state index contributed by atoms with van der Waals surface area (Å²) in [6.07, 6.45) is -5.96. The van der Waals surface area contributed by atoms with Crippen LogP contribution in [-0.4, -0.2) is 34.6 Å². The van der Waals surface area contributed by atoms with E-state index >= 15 is 0 Å². The fourth-order valence-electron chi connectivity index (χ4n) is 2.64. The van der Waals surface area contributed by atoms with Crippen molar-refractivity contribution >= 4 is 27.0 Å². The van der Waals surface area contributed by atoms with E-state index < -0.39 is 40.6 Å². The van der Waals surface area contributed by atoms with Crippen molar-refractivity contribution in [2.75, 3.05) is 0 Å². The number of benzene rings is 1. The van der Waals surface area contributed by atoms with Gasteiger partial charge in [0.05, 0.1) is 28.2 Å². The SMILES string of the molecule is CC(OCc1cc2nc(C(F)(F)F)ccc2n1S(=O)(=O)c1ccccc1)C(=O)O. The monoisotopic (exact) mass is 428 g/mol. The van der Waals surface area contributed by atoms with Gasteiger partial charge in [-0.3, -0.25) is 0 Å². The van der Waals surface area contributed by atoms with Crippen LogP contribution in [0.4, 0.5) is 13.2 Å². The Morgan fingerprint density at radius 1 is 1.21 bits per heavy atom. The van der Waals surface area contributed by atoms with E-state index in [0.717, 1.165) is 16.1 Å². The lowest BCUT2D eigenvalue weighted by atomic mass is 10.3. The van der Waals surface area contributed by atoms with Gasteiger partial charge in [0.2, 0.25) is 0 Å². The normalized spacial score (nSPS) is 13.5. The van der Waals surface area contributed by atoms with Crippen molar-refractivity contribution in [3.63, 3.8) is 0 Å². The van der Waals surface area contributed by atoms with E-state index in [0.29, 0.717) is 6.07 Å². The van der Waals surface area contributed by atoms with Crippen molar-refractivity contribution < 1.29 is 36.2 Å². The first-order valence-electron chi connectivity index (χ1n) is 8.25. The summed E-state index contributed by atoms with van der Waals surface area (Å²) in [6, 6.07) is 10.1. The highest BCUT2D eigenvalue weighted by molar-refractivity contribution is 7.90. The van der Waals surface area contributed by atoms with Crippen molar-refractivity contribution in [2.45, 2.75) is 30.7 Å². The highest BCUT2D eigenvalue weighted by Crippen LogP contribution is 2.31. The maximum Gasteiger partial charge on any atom is 0.433 e. The molecule has 29 heavy (non-hydrogen) atoms. The number of nitrogens with zero attached hydrogens (tertiary/aromatic N) is 2. The summed E-state index contributed by atoms with van der Waals surface area (Å²) in [7, 11) is -4.20. The molecule has 0 fully saturated rings. The summed E-state index contributed by atoms with van der Waals surface area (Å²) in [5, 5.41) is 8.95. The molecule has 1 atom stereocenters. The summed E-state index contributed by atoms with van der Waals surface area (Å²) >= 11 is 0. The topological polar surface area (TPSA) is 98.5 Å². The molecule has 0 aliphatic rings. The molecule has 0 bridgehead atoms. The lowest BCUT2D eigenvalue weighted by Gasteiger charge is -2.13. The number of carbonyl (C=O) groups is 1. The Balaban J connectivity index is 2.19. The van der Waals surface area contributed by atoms with Gasteiger partial charge < -0.3 is 9.84 Å². The van der Waals surface area contributed by atoms with Gasteiger partial charge in [-0.15, -0.1) is 0 Å². The van der Waals surface area contributed by atoms with Crippen molar-refractivity contribution in [1.29, 1.82) is 0 Å². The molecule has 1 unspecified atom stereocenters. The second-order valence-electron chi connectivity index (χ2n) is 6.11. The third kappa shape index (κ3) is 4.10. The fourth-order valence-corrected chi connectivity index (χ4v) is 4.18. The van der Waals surface area contributed by atoms with E-state index in [-0.39, 0.29) is 21.6 Å². The van der Waals surface area contributed by atoms with Gasteiger partial charge in [0.25, 0.3) is 10.0 Å². The van der Waals surface area contributed by atoms with Crippen molar-refractivity contribution in [3.8, 4) is 0 Å². The van der Waals surface area contributed by atoms with E-state index in [1.807, 2.05) is 0 Å². The molecule has 0 spiro atoms. The van der Waals surface area contributed by atoms with Gasteiger partial charge in [0.15, 0.2) is 6.10 Å². The quantitative estimate of drug-likeness (QED) is 0.647. The number of alkyl halides is 3. The number of aliphatic carboxylic acids is 1. The van der Waals surface area contributed by atoms with Gasteiger partial charge in [0.1, 0.15) is 5.69 Å². The molecular weight excluding hydrogens is 413 g/mol. The number of fused-ring (bicyclic) bond motifs is 1. The third-order valence-corrected chi connectivity index (χ3v) is 5.87. The van der Waals surface area contributed by atoms with Crippen molar-refractivity contribution in [2.24, 2.45) is 0 Å². The number of ether oxygens (including phenoxy) is 1. The summed E-state index contributed by atoms with van der Waals surface area (Å²) in [5.74, 6) is -1.27. The molecule has 0 saturated carbocycles. The van der Waals surface area contributed by atoms with Gasteiger partial charge in [-0.05, 0) is 37.3 Å².